The van der Waals surface area contributed by atoms with E-state index in [2.05, 4.69) is 4.99 Å². The van der Waals surface area contributed by atoms with E-state index in [9.17, 15) is 14.4 Å². The van der Waals surface area contributed by atoms with Gasteiger partial charge in [0, 0.05) is 6.42 Å². The van der Waals surface area contributed by atoms with Gasteiger partial charge in [-0.15, -0.1) is 0 Å². The number of amides is 2. The fourth-order valence-electron chi connectivity index (χ4n) is 2.55. The van der Waals surface area contributed by atoms with Crippen molar-refractivity contribution < 1.29 is 28.6 Å². The predicted octanol–water partition coefficient (Wildman–Crippen LogP) is 1.97. The van der Waals surface area contributed by atoms with E-state index in [0.29, 0.717) is 0 Å². The quantitative estimate of drug-likeness (QED) is 0.586. The summed E-state index contributed by atoms with van der Waals surface area (Å²) in [5.41, 5.74) is -1.09. The minimum absolute atomic E-state index is 0.00820. The Balaban J connectivity index is 2.49. The van der Waals surface area contributed by atoms with E-state index in [-0.39, 0.29) is 19.6 Å². The van der Waals surface area contributed by atoms with Crippen LogP contribution < -0.4 is 0 Å². The molecule has 1 aliphatic heterocycles. The average Bonchev–Trinajstić information content (AvgIpc) is 3.02. The molecule has 1 unspecified atom stereocenters. The van der Waals surface area contributed by atoms with Gasteiger partial charge in [-0.25, -0.2) is 19.4 Å². The first kappa shape index (κ1) is 19.2. The molecule has 26 heavy (non-hydrogen) atoms. The molecule has 0 aromatic heterocycles. The van der Waals surface area contributed by atoms with Crippen molar-refractivity contribution in [3.8, 4) is 0 Å². The standard InChI is InChI=1S/C17H21N3O6/c1-4-25-15(22)19-12-18-17(14(21)24-3,20(19)16(23)26-5-2)11-13-9-7-6-8-10-13/h6-10,12H,4-5,11H2,1-3H3. The van der Waals surface area contributed by atoms with Gasteiger partial charge in [-0.3, -0.25) is 0 Å². The number of ether oxygens (including phenoxy) is 3. The lowest BCUT2D eigenvalue weighted by Crippen LogP contribution is -2.61. The number of methoxy groups -OCH3 is 1. The second kappa shape index (κ2) is 8.32. The van der Waals surface area contributed by atoms with Crippen molar-refractivity contribution in [3.63, 3.8) is 0 Å². The molecule has 1 aliphatic rings. The maximum atomic E-state index is 12.6. The molecule has 0 saturated heterocycles. The van der Waals surface area contributed by atoms with Crippen molar-refractivity contribution in [1.82, 2.24) is 10.0 Å². The molecule has 140 valence electrons. The van der Waals surface area contributed by atoms with Crippen LogP contribution in [0.4, 0.5) is 9.59 Å². The Hall–Kier alpha value is -3.10. The van der Waals surface area contributed by atoms with Gasteiger partial charge >= 0.3 is 18.2 Å². The number of hydrogen-bond donors (Lipinski definition) is 0. The highest BCUT2D eigenvalue weighted by Gasteiger charge is 2.56. The number of nitrogens with zero attached hydrogens (tertiary/aromatic N) is 3. The van der Waals surface area contributed by atoms with Crippen LogP contribution in [0.2, 0.25) is 0 Å². The van der Waals surface area contributed by atoms with Crippen LogP contribution >= 0.6 is 0 Å². The van der Waals surface area contributed by atoms with Gasteiger partial charge in [-0.1, -0.05) is 30.3 Å². The fraction of sp³-hybridized carbons (Fsp3) is 0.412. The zero-order chi connectivity index (χ0) is 19.2. The highest BCUT2D eigenvalue weighted by molar-refractivity contribution is 5.95. The van der Waals surface area contributed by atoms with Crippen molar-refractivity contribution in [2.45, 2.75) is 25.9 Å². The Morgan fingerprint density at radius 1 is 1.04 bits per heavy atom. The molecule has 2 amide bonds. The maximum absolute atomic E-state index is 12.6. The molecule has 1 aromatic carbocycles. The lowest BCUT2D eigenvalue weighted by atomic mass is 10.00. The first-order chi connectivity index (χ1) is 12.5. The third kappa shape index (κ3) is 3.61. The van der Waals surface area contributed by atoms with Crippen LogP contribution in [0.5, 0.6) is 0 Å². The van der Waals surface area contributed by atoms with Crippen molar-refractivity contribution in [1.29, 1.82) is 0 Å². The molecule has 1 heterocycles. The van der Waals surface area contributed by atoms with Gasteiger partial charge in [0.25, 0.3) is 5.66 Å². The Kier molecular flexibility index (Phi) is 6.16. The molecule has 0 saturated carbocycles. The van der Waals surface area contributed by atoms with Crippen molar-refractivity contribution in [3.05, 3.63) is 35.9 Å². The van der Waals surface area contributed by atoms with Gasteiger partial charge in [0.2, 0.25) is 0 Å². The van der Waals surface area contributed by atoms with Gasteiger partial charge in [-0.05, 0) is 19.4 Å². The predicted molar refractivity (Wildman–Crippen MR) is 91.1 cm³/mol. The van der Waals surface area contributed by atoms with Crippen LogP contribution in [0, 0.1) is 0 Å². The van der Waals surface area contributed by atoms with E-state index in [4.69, 9.17) is 14.2 Å². The van der Waals surface area contributed by atoms with Crippen LogP contribution in [0.1, 0.15) is 19.4 Å². The first-order valence-corrected chi connectivity index (χ1v) is 8.10. The van der Waals surface area contributed by atoms with E-state index in [1.807, 2.05) is 6.07 Å². The number of esters is 1. The Bertz CT molecular complexity index is 693. The largest absolute Gasteiger partial charge is 0.466 e. The molecule has 0 spiro atoms. The van der Waals surface area contributed by atoms with Gasteiger partial charge in [0.15, 0.2) is 0 Å². The summed E-state index contributed by atoms with van der Waals surface area (Å²) in [5, 5.41) is 1.65. The fourth-order valence-corrected chi connectivity index (χ4v) is 2.55. The van der Waals surface area contributed by atoms with Crippen molar-refractivity contribution in [2.24, 2.45) is 4.99 Å². The number of benzene rings is 1. The number of carbonyl (C=O) groups is 3. The van der Waals surface area contributed by atoms with Gasteiger partial charge in [0.05, 0.1) is 20.3 Å². The number of rotatable bonds is 5. The zero-order valence-corrected chi connectivity index (χ0v) is 14.9. The molecule has 9 nitrogen and oxygen atoms in total. The van der Waals surface area contributed by atoms with Gasteiger partial charge in [-0.2, -0.15) is 10.0 Å². The van der Waals surface area contributed by atoms with Crippen LogP contribution in [0.3, 0.4) is 0 Å². The number of hydrogen-bond acceptors (Lipinski definition) is 7. The number of aliphatic imine (C=N–C) groups is 1. The molecule has 0 radical (unpaired) electrons. The van der Waals surface area contributed by atoms with Gasteiger partial charge < -0.3 is 14.2 Å². The zero-order valence-electron chi connectivity index (χ0n) is 14.9. The molecular weight excluding hydrogens is 342 g/mol. The lowest BCUT2D eigenvalue weighted by Gasteiger charge is -2.35. The smallest absolute Gasteiger partial charge is 0.434 e. The molecule has 1 aromatic rings. The number of hydrazine groups is 1. The van der Waals surface area contributed by atoms with Gasteiger partial charge in [0.1, 0.15) is 6.34 Å². The molecule has 2 rings (SSSR count). The summed E-state index contributed by atoms with van der Waals surface area (Å²) in [6.45, 7) is 3.37. The minimum atomic E-state index is -1.81. The van der Waals surface area contributed by atoms with E-state index in [1.165, 1.54) is 7.11 Å². The number of carbonyl (C=O) groups excluding carboxylic acids is 3. The first-order valence-electron chi connectivity index (χ1n) is 8.10. The summed E-state index contributed by atoms with van der Waals surface area (Å²) >= 11 is 0. The summed E-state index contributed by atoms with van der Waals surface area (Å²) in [7, 11) is 1.18. The molecule has 0 fully saturated rings. The molecule has 9 heteroatoms. The molecule has 1 atom stereocenters. The van der Waals surface area contributed by atoms with E-state index >= 15 is 0 Å². The normalized spacial score (nSPS) is 18.6. The van der Waals surface area contributed by atoms with Crippen LogP contribution in [0.25, 0.3) is 0 Å². The Morgan fingerprint density at radius 3 is 2.23 bits per heavy atom. The molecule has 0 N–H and O–H groups in total. The monoisotopic (exact) mass is 363 g/mol. The highest BCUT2D eigenvalue weighted by atomic mass is 16.6. The van der Waals surface area contributed by atoms with E-state index in [0.717, 1.165) is 21.9 Å². The topological polar surface area (TPSA) is 97.7 Å². The summed E-state index contributed by atoms with van der Waals surface area (Å²) in [6.07, 6.45) is -0.719. The SMILES string of the molecule is CCOC(=O)N1C=NC(Cc2ccccc2)(C(=O)OC)N1C(=O)OCC. The van der Waals surface area contributed by atoms with Crippen molar-refractivity contribution in [2.75, 3.05) is 20.3 Å². The Labute approximate surface area is 151 Å². The molecular formula is C17H21N3O6. The van der Waals surface area contributed by atoms with E-state index < -0.39 is 23.8 Å². The Morgan fingerprint density at radius 2 is 1.65 bits per heavy atom. The van der Waals surface area contributed by atoms with Crippen LogP contribution in [-0.4, -0.2) is 60.5 Å². The second-order valence-electron chi connectivity index (χ2n) is 5.27. The van der Waals surface area contributed by atoms with E-state index in [1.54, 1.807) is 38.1 Å². The molecule has 0 bridgehead atoms. The van der Waals surface area contributed by atoms with Crippen LogP contribution in [0.15, 0.2) is 35.3 Å². The summed E-state index contributed by atoms with van der Waals surface area (Å²) < 4.78 is 14.8. The third-order valence-electron chi connectivity index (χ3n) is 3.65. The van der Waals surface area contributed by atoms with Crippen molar-refractivity contribution >= 4 is 24.5 Å². The average molecular weight is 363 g/mol. The highest BCUT2D eigenvalue weighted by Crippen LogP contribution is 2.31. The lowest BCUT2D eigenvalue weighted by molar-refractivity contribution is -0.158. The summed E-state index contributed by atoms with van der Waals surface area (Å²) in [6, 6.07) is 8.95. The summed E-state index contributed by atoms with van der Waals surface area (Å²) in [4.78, 5) is 41.6. The minimum Gasteiger partial charge on any atom is -0.466 e. The maximum Gasteiger partial charge on any atom is 0.434 e. The van der Waals surface area contributed by atoms with Crippen LogP contribution in [-0.2, 0) is 25.4 Å². The molecule has 0 aliphatic carbocycles. The summed E-state index contributed by atoms with van der Waals surface area (Å²) in [5.74, 6) is -0.808. The third-order valence-corrected chi connectivity index (χ3v) is 3.65. The second-order valence-corrected chi connectivity index (χ2v) is 5.27.